The minimum atomic E-state index is -0.0772. The van der Waals surface area contributed by atoms with Gasteiger partial charge in [-0.05, 0) is 57.1 Å². The van der Waals surface area contributed by atoms with Gasteiger partial charge in [0.05, 0.1) is 13.7 Å². The van der Waals surface area contributed by atoms with E-state index in [-0.39, 0.29) is 18.2 Å². The molecular formula is C21H26N2O3. The van der Waals surface area contributed by atoms with Crippen molar-refractivity contribution in [2.45, 2.75) is 27.3 Å². The molecule has 0 fully saturated rings. The van der Waals surface area contributed by atoms with E-state index >= 15 is 0 Å². The third-order valence-corrected chi connectivity index (χ3v) is 4.29. The molecule has 5 heteroatoms. The Labute approximate surface area is 155 Å². The summed E-state index contributed by atoms with van der Waals surface area (Å²) in [6.07, 6.45) is 0. The predicted octanol–water partition coefficient (Wildman–Crippen LogP) is 3.59. The van der Waals surface area contributed by atoms with Gasteiger partial charge in [0.2, 0.25) is 5.91 Å². The van der Waals surface area contributed by atoms with Crippen molar-refractivity contribution in [2.75, 3.05) is 26.0 Å². The summed E-state index contributed by atoms with van der Waals surface area (Å²) in [7, 11) is 3.46. The summed E-state index contributed by atoms with van der Waals surface area (Å²) in [4.78, 5) is 25.9. The van der Waals surface area contributed by atoms with Crippen LogP contribution in [0, 0.1) is 13.8 Å². The SMILES string of the molecule is COc1ccc(C(C)=O)cc1CN(C)CC(=O)Nc1c(C)cccc1C. The maximum absolute atomic E-state index is 12.4. The number of Topliss-reactive ketones (excluding diaryl/α,β-unsaturated/α-hetero) is 1. The Morgan fingerprint density at radius 1 is 1.12 bits per heavy atom. The number of hydrogen-bond acceptors (Lipinski definition) is 4. The van der Waals surface area contributed by atoms with Gasteiger partial charge in [0, 0.05) is 23.4 Å². The molecule has 0 aliphatic carbocycles. The van der Waals surface area contributed by atoms with Crippen LogP contribution in [0.3, 0.4) is 0 Å². The van der Waals surface area contributed by atoms with E-state index in [1.54, 1.807) is 19.2 Å². The standard InChI is InChI=1S/C21H26N2O3/c1-14-7-6-8-15(2)21(14)22-20(25)13-23(4)12-18-11-17(16(3)24)9-10-19(18)26-5/h6-11H,12-13H2,1-5H3,(H,22,25). The topological polar surface area (TPSA) is 58.6 Å². The third kappa shape index (κ3) is 4.92. The third-order valence-electron chi connectivity index (χ3n) is 4.29. The molecule has 0 aliphatic heterocycles. The summed E-state index contributed by atoms with van der Waals surface area (Å²) >= 11 is 0. The van der Waals surface area contributed by atoms with Crippen LogP contribution in [0.5, 0.6) is 5.75 Å². The van der Waals surface area contributed by atoms with Crippen LogP contribution in [0.25, 0.3) is 0 Å². The molecule has 2 aromatic carbocycles. The second-order valence-electron chi connectivity index (χ2n) is 6.57. The average Bonchev–Trinajstić information content (AvgIpc) is 2.58. The number of aryl methyl sites for hydroxylation is 2. The molecule has 0 heterocycles. The van der Waals surface area contributed by atoms with Gasteiger partial charge in [-0.3, -0.25) is 14.5 Å². The fourth-order valence-corrected chi connectivity index (χ4v) is 2.90. The zero-order chi connectivity index (χ0) is 19.3. The molecule has 0 aliphatic rings. The van der Waals surface area contributed by atoms with Crippen LogP contribution >= 0.6 is 0 Å². The predicted molar refractivity (Wildman–Crippen MR) is 104 cm³/mol. The first-order valence-corrected chi connectivity index (χ1v) is 8.54. The van der Waals surface area contributed by atoms with E-state index in [4.69, 9.17) is 4.74 Å². The number of nitrogens with zero attached hydrogens (tertiary/aromatic N) is 1. The van der Waals surface area contributed by atoms with Gasteiger partial charge in [-0.25, -0.2) is 0 Å². The van der Waals surface area contributed by atoms with E-state index in [0.717, 1.165) is 22.4 Å². The number of para-hydroxylation sites is 1. The summed E-state index contributed by atoms with van der Waals surface area (Å²) in [5.74, 6) is 0.632. The van der Waals surface area contributed by atoms with Gasteiger partial charge >= 0.3 is 0 Å². The van der Waals surface area contributed by atoms with Crippen LogP contribution in [-0.2, 0) is 11.3 Å². The van der Waals surface area contributed by atoms with E-state index in [1.807, 2.05) is 50.1 Å². The van der Waals surface area contributed by atoms with E-state index in [1.165, 1.54) is 6.92 Å². The molecule has 0 radical (unpaired) electrons. The number of anilines is 1. The summed E-state index contributed by atoms with van der Waals surface area (Å²) in [5, 5.41) is 2.99. The number of amides is 1. The highest BCUT2D eigenvalue weighted by Gasteiger charge is 2.13. The maximum Gasteiger partial charge on any atom is 0.238 e. The van der Waals surface area contributed by atoms with Crippen molar-refractivity contribution in [1.82, 2.24) is 4.90 Å². The van der Waals surface area contributed by atoms with Crippen molar-refractivity contribution >= 4 is 17.4 Å². The molecule has 5 nitrogen and oxygen atoms in total. The number of nitrogens with one attached hydrogen (secondary N) is 1. The maximum atomic E-state index is 12.4. The number of rotatable bonds is 7. The molecule has 0 atom stereocenters. The lowest BCUT2D eigenvalue weighted by molar-refractivity contribution is -0.117. The largest absolute Gasteiger partial charge is 0.496 e. The molecule has 0 unspecified atom stereocenters. The Hall–Kier alpha value is -2.66. The lowest BCUT2D eigenvalue weighted by Crippen LogP contribution is -2.30. The highest BCUT2D eigenvalue weighted by molar-refractivity contribution is 5.94. The first-order valence-electron chi connectivity index (χ1n) is 8.54. The number of ketones is 1. The summed E-state index contributed by atoms with van der Waals surface area (Å²) < 4.78 is 5.37. The van der Waals surface area contributed by atoms with Crippen molar-refractivity contribution in [3.8, 4) is 5.75 Å². The van der Waals surface area contributed by atoms with Gasteiger partial charge in [-0.1, -0.05) is 18.2 Å². The molecule has 0 bridgehead atoms. The molecule has 138 valence electrons. The van der Waals surface area contributed by atoms with Gasteiger partial charge in [-0.2, -0.15) is 0 Å². The number of likely N-dealkylation sites (N-methyl/N-ethyl adjacent to an activating group) is 1. The van der Waals surface area contributed by atoms with E-state index < -0.39 is 0 Å². The van der Waals surface area contributed by atoms with Crippen LogP contribution in [0.2, 0.25) is 0 Å². The number of benzene rings is 2. The molecule has 1 N–H and O–H groups in total. The molecule has 0 saturated carbocycles. The first kappa shape index (κ1) is 19.7. The van der Waals surface area contributed by atoms with Gasteiger partial charge in [0.15, 0.2) is 5.78 Å². The highest BCUT2D eigenvalue weighted by atomic mass is 16.5. The second-order valence-corrected chi connectivity index (χ2v) is 6.57. The Balaban J connectivity index is 2.06. The quantitative estimate of drug-likeness (QED) is 0.772. The van der Waals surface area contributed by atoms with Crippen LogP contribution in [-0.4, -0.2) is 37.3 Å². The van der Waals surface area contributed by atoms with Gasteiger partial charge in [-0.15, -0.1) is 0 Å². The average molecular weight is 354 g/mol. The molecule has 26 heavy (non-hydrogen) atoms. The summed E-state index contributed by atoms with van der Waals surface area (Å²) in [6, 6.07) is 11.3. The Kier molecular flexibility index (Phi) is 6.52. The molecular weight excluding hydrogens is 328 g/mol. The Morgan fingerprint density at radius 2 is 1.77 bits per heavy atom. The number of methoxy groups -OCH3 is 1. The van der Waals surface area contributed by atoms with Gasteiger partial charge < -0.3 is 10.1 Å². The van der Waals surface area contributed by atoms with Crippen molar-refractivity contribution in [1.29, 1.82) is 0 Å². The molecule has 1 amide bonds. The zero-order valence-electron chi connectivity index (χ0n) is 16.1. The molecule has 2 rings (SSSR count). The zero-order valence-corrected chi connectivity index (χ0v) is 16.1. The van der Waals surface area contributed by atoms with E-state index in [2.05, 4.69) is 5.32 Å². The summed E-state index contributed by atoms with van der Waals surface area (Å²) in [6.45, 7) is 6.23. The summed E-state index contributed by atoms with van der Waals surface area (Å²) in [5.41, 5.74) is 4.45. The number of carbonyl (C=O) groups excluding carboxylic acids is 2. The van der Waals surface area contributed by atoms with Crippen molar-refractivity contribution in [2.24, 2.45) is 0 Å². The minimum Gasteiger partial charge on any atom is -0.496 e. The number of hydrogen-bond donors (Lipinski definition) is 1. The van der Waals surface area contributed by atoms with E-state index in [0.29, 0.717) is 17.9 Å². The molecule has 2 aromatic rings. The lowest BCUT2D eigenvalue weighted by Gasteiger charge is -2.19. The lowest BCUT2D eigenvalue weighted by atomic mass is 10.1. The van der Waals surface area contributed by atoms with Crippen molar-refractivity contribution < 1.29 is 14.3 Å². The van der Waals surface area contributed by atoms with Crippen LogP contribution in [0.4, 0.5) is 5.69 Å². The second kappa shape index (κ2) is 8.63. The van der Waals surface area contributed by atoms with Gasteiger partial charge in [0.1, 0.15) is 5.75 Å². The molecule has 0 spiro atoms. The molecule has 0 saturated heterocycles. The fraction of sp³-hybridized carbons (Fsp3) is 0.333. The Morgan fingerprint density at radius 3 is 2.35 bits per heavy atom. The van der Waals surface area contributed by atoms with Crippen molar-refractivity contribution in [3.63, 3.8) is 0 Å². The van der Waals surface area contributed by atoms with Crippen LogP contribution in [0.1, 0.15) is 34.0 Å². The normalized spacial score (nSPS) is 10.7. The van der Waals surface area contributed by atoms with Crippen LogP contribution in [0.15, 0.2) is 36.4 Å². The first-order chi connectivity index (χ1) is 12.3. The van der Waals surface area contributed by atoms with Crippen LogP contribution < -0.4 is 10.1 Å². The number of ether oxygens (including phenoxy) is 1. The number of carbonyl (C=O) groups is 2. The minimum absolute atomic E-state index is 0.00401. The van der Waals surface area contributed by atoms with Crippen molar-refractivity contribution in [3.05, 3.63) is 58.7 Å². The van der Waals surface area contributed by atoms with Gasteiger partial charge in [0.25, 0.3) is 0 Å². The smallest absolute Gasteiger partial charge is 0.238 e. The fourth-order valence-electron chi connectivity index (χ4n) is 2.90. The Bertz CT molecular complexity index is 795. The van der Waals surface area contributed by atoms with E-state index in [9.17, 15) is 9.59 Å². The molecule has 0 aromatic heterocycles. The monoisotopic (exact) mass is 354 g/mol. The highest BCUT2D eigenvalue weighted by Crippen LogP contribution is 2.22.